The highest BCUT2D eigenvalue weighted by Gasteiger charge is 2.71. The molecule has 6 atom stereocenters. The molecule has 4 aliphatic rings. The Morgan fingerprint density at radius 3 is 2.37 bits per heavy atom. The van der Waals surface area contributed by atoms with E-state index in [1.54, 1.807) is 54.6 Å². The summed E-state index contributed by atoms with van der Waals surface area (Å²) in [6, 6.07) is 22.3. The number of hydrogen-bond acceptors (Lipinski definition) is 9. The Hall–Kier alpha value is -5.39. The summed E-state index contributed by atoms with van der Waals surface area (Å²) < 4.78 is 10.2. The number of fused-ring (bicyclic) bond motifs is 5. The van der Waals surface area contributed by atoms with Gasteiger partial charge in [-0.25, -0.2) is 4.79 Å². The number of ether oxygens (including phenoxy) is 2. The zero-order valence-corrected chi connectivity index (χ0v) is 29.4. The third kappa shape index (κ3) is 4.68. The first-order valence-electron chi connectivity index (χ1n) is 16.6. The van der Waals surface area contributed by atoms with E-state index in [-0.39, 0.29) is 29.3 Å². The predicted molar refractivity (Wildman–Crippen MR) is 190 cm³/mol. The van der Waals surface area contributed by atoms with E-state index in [1.165, 1.54) is 13.2 Å². The fourth-order valence-electron chi connectivity index (χ4n) is 8.96. The molecule has 6 unspecified atom stereocenters. The van der Waals surface area contributed by atoms with Gasteiger partial charge in [-0.15, -0.1) is 0 Å². The van der Waals surface area contributed by atoms with Gasteiger partial charge in [-0.3, -0.25) is 24.6 Å². The highest BCUT2D eigenvalue weighted by atomic mass is 35.5. The lowest BCUT2D eigenvalue weighted by Gasteiger charge is -2.50. The number of imide groups is 4. The van der Waals surface area contributed by atoms with Gasteiger partial charge in [0.1, 0.15) is 11.5 Å². The lowest BCUT2D eigenvalue weighted by molar-refractivity contribution is -0.140. The van der Waals surface area contributed by atoms with Crippen molar-refractivity contribution in [2.24, 2.45) is 23.7 Å². The number of carbonyl (C=O) groups excluding carboxylic acids is 5. The molecule has 2 aliphatic carbocycles. The van der Waals surface area contributed by atoms with Gasteiger partial charge in [0.2, 0.25) is 11.8 Å². The molecule has 8 rings (SSSR count). The second-order valence-corrected chi connectivity index (χ2v) is 14.3. The molecule has 3 fully saturated rings. The summed E-state index contributed by atoms with van der Waals surface area (Å²) >= 11 is 12.7. The number of phenolic OH excluding ortho intramolecular Hbond substituents is 1. The Labute approximate surface area is 307 Å². The maximum atomic E-state index is 15.4. The number of phenols is 1. The standard InChI is InChI=1S/C39H31Cl2N3O8/c1-51-22-11-8-20(9-12-22)39-28(35(47)44(37(39)49)42-30-16-10-21(40)17-29(30)41)18-27-24(14-15-25-31(27)36(48)43(34(25)46)38(50)52-2)32(39)26-13-7-19-5-3-4-6-23(19)33(26)45/h3-14,16-17,25,27-28,31-32,42,45H,15,18H2,1-2H3. The molecule has 2 saturated heterocycles. The van der Waals surface area contributed by atoms with Crippen LogP contribution in [0.4, 0.5) is 10.5 Å². The van der Waals surface area contributed by atoms with E-state index in [1.807, 2.05) is 24.3 Å². The van der Waals surface area contributed by atoms with Gasteiger partial charge in [-0.1, -0.05) is 83.4 Å². The minimum Gasteiger partial charge on any atom is -0.507 e. The molecule has 0 bridgehead atoms. The zero-order chi connectivity index (χ0) is 36.6. The van der Waals surface area contributed by atoms with Crippen molar-refractivity contribution in [2.45, 2.75) is 24.2 Å². The van der Waals surface area contributed by atoms with Gasteiger partial charge in [-0.05, 0) is 60.0 Å². The number of carbonyl (C=O) groups is 5. The molecule has 4 aromatic carbocycles. The van der Waals surface area contributed by atoms with E-state index in [9.17, 15) is 24.3 Å². The molecule has 264 valence electrons. The number of allylic oxidation sites excluding steroid dienone is 2. The Morgan fingerprint density at radius 2 is 1.65 bits per heavy atom. The maximum absolute atomic E-state index is 15.4. The van der Waals surface area contributed by atoms with Gasteiger partial charge >= 0.3 is 6.09 Å². The third-order valence-corrected chi connectivity index (χ3v) is 11.7. The summed E-state index contributed by atoms with van der Waals surface area (Å²) in [5, 5.41) is 14.9. The predicted octanol–water partition coefficient (Wildman–Crippen LogP) is 6.61. The summed E-state index contributed by atoms with van der Waals surface area (Å²) in [6.07, 6.45) is 0.825. The Balaban J connectivity index is 1.39. The Bertz CT molecular complexity index is 2260. The van der Waals surface area contributed by atoms with Gasteiger partial charge in [0.25, 0.3) is 11.8 Å². The fraction of sp³-hybridized carbons (Fsp3) is 0.256. The highest BCUT2D eigenvalue weighted by Crippen LogP contribution is 2.65. The van der Waals surface area contributed by atoms with Gasteiger partial charge in [0.15, 0.2) is 0 Å². The van der Waals surface area contributed by atoms with Crippen LogP contribution in [-0.2, 0) is 29.3 Å². The number of benzene rings is 4. The lowest BCUT2D eigenvalue weighted by atomic mass is 9.49. The SMILES string of the molecule is COC(=O)N1C(=O)C2CC=C3C(CC4C(=O)N(Nc5ccc(Cl)cc5Cl)C(=O)C4(c4ccc(OC)cc4)C3c3ccc4ccccc4c3O)C2C1=O. The minimum atomic E-state index is -1.67. The molecule has 11 nitrogen and oxygen atoms in total. The number of methoxy groups -OCH3 is 2. The van der Waals surface area contributed by atoms with Crippen molar-refractivity contribution in [3.05, 3.63) is 112 Å². The van der Waals surface area contributed by atoms with E-state index in [0.29, 0.717) is 37.8 Å². The van der Waals surface area contributed by atoms with Gasteiger partial charge in [0.05, 0.1) is 48.1 Å². The van der Waals surface area contributed by atoms with Crippen molar-refractivity contribution in [3.63, 3.8) is 0 Å². The van der Waals surface area contributed by atoms with Crippen molar-refractivity contribution < 1.29 is 38.6 Å². The van der Waals surface area contributed by atoms with E-state index < -0.39 is 64.7 Å². The Kier molecular flexibility index (Phi) is 8.03. The van der Waals surface area contributed by atoms with Crippen LogP contribution in [0, 0.1) is 23.7 Å². The van der Waals surface area contributed by atoms with Crippen LogP contribution in [0.1, 0.15) is 29.9 Å². The summed E-state index contributed by atoms with van der Waals surface area (Å²) in [5.41, 5.74) is 2.98. The summed E-state index contributed by atoms with van der Waals surface area (Å²) in [6.45, 7) is 0. The van der Waals surface area contributed by atoms with E-state index in [4.69, 9.17) is 32.7 Å². The molecular weight excluding hydrogens is 709 g/mol. The molecule has 0 spiro atoms. The molecular formula is C39H31Cl2N3O8. The number of nitrogens with one attached hydrogen (secondary N) is 1. The molecule has 5 amide bonds. The lowest BCUT2D eigenvalue weighted by Crippen LogP contribution is -2.53. The molecule has 2 N–H and O–H groups in total. The smallest absolute Gasteiger partial charge is 0.423 e. The number of likely N-dealkylation sites (tertiary alicyclic amines) is 1. The largest absolute Gasteiger partial charge is 0.507 e. The zero-order valence-electron chi connectivity index (χ0n) is 27.8. The fourth-order valence-corrected chi connectivity index (χ4v) is 9.41. The number of aromatic hydroxyl groups is 1. The summed E-state index contributed by atoms with van der Waals surface area (Å²) in [4.78, 5) is 71.1. The Morgan fingerprint density at radius 1 is 0.904 bits per heavy atom. The van der Waals surface area contributed by atoms with Gasteiger partial charge in [0, 0.05) is 21.9 Å². The van der Waals surface area contributed by atoms with Crippen molar-refractivity contribution in [2.75, 3.05) is 19.6 Å². The van der Waals surface area contributed by atoms with Crippen LogP contribution in [0.3, 0.4) is 0 Å². The van der Waals surface area contributed by atoms with Crippen LogP contribution in [0.5, 0.6) is 11.5 Å². The van der Waals surface area contributed by atoms with Crippen molar-refractivity contribution in [1.29, 1.82) is 0 Å². The van der Waals surface area contributed by atoms with Crippen LogP contribution in [0.15, 0.2) is 90.5 Å². The molecule has 2 aliphatic heterocycles. The highest BCUT2D eigenvalue weighted by molar-refractivity contribution is 6.36. The number of nitrogens with zero attached hydrogens (tertiary/aromatic N) is 2. The molecule has 13 heteroatoms. The van der Waals surface area contributed by atoms with Crippen LogP contribution in [0.2, 0.25) is 10.0 Å². The number of hydrazine groups is 1. The average molecular weight is 741 g/mol. The molecule has 1 saturated carbocycles. The molecule has 0 aromatic heterocycles. The van der Waals surface area contributed by atoms with Crippen molar-refractivity contribution in [3.8, 4) is 11.5 Å². The van der Waals surface area contributed by atoms with Crippen LogP contribution in [0.25, 0.3) is 10.8 Å². The molecule has 4 aromatic rings. The number of anilines is 1. The quantitative estimate of drug-likeness (QED) is 0.171. The molecule has 52 heavy (non-hydrogen) atoms. The second kappa shape index (κ2) is 12.4. The van der Waals surface area contributed by atoms with Crippen molar-refractivity contribution in [1.82, 2.24) is 9.91 Å². The third-order valence-electron chi connectivity index (χ3n) is 11.2. The van der Waals surface area contributed by atoms with Crippen molar-refractivity contribution >= 4 is 69.4 Å². The maximum Gasteiger partial charge on any atom is 0.423 e. The minimum absolute atomic E-state index is 0.0188. The van der Waals surface area contributed by atoms with E-state index in [0.717, 1.165) is 17.5 Å². The first kappa shape index (κ1) is 33.7. The van der Waals surface area contributed by atoms with Gasteiger partial charge < -0.3 is 14.6 Å². The van der Waals surface area contributed by atoms with E-state index in [2.05, 4.69) is 5.43 Å². The van der Waals surface area contributed by atoms with Crippen LogP contribution < -0.4 is 10.2 Å². The average Bonchev–Trinajstić information content (AvgIpc) is 3.53. The monoisotopic (exact) mass is 739 g/mol. The second-order valence-electron chi connectivity index (χ2n) is 13.4. The number of amides is 5. The molecule has 2 heterocycles. The number of hydrogen-bond donors (Lipinski definition) is 2. The first-order valence-corrected chi connectivity index (χ1v) is 17.4. The summed E-state index contributed by atoms with van der Waals surface area (Å²) in [5.74, 6) is -6.94. The van der Waals surface area contributed by atoms with Gasteiger partial charge in [-0.2, -0.15) is 9.91 Å². The molecule has 0 radical (unpaired) electrons. The first-order chi connectivity index (χ1) is 25.0. The van der Waals surface area contributed by atoms with Crippen LogP contribution in [-0.4, -0.2) is 59.0 Å². The number of rotatable bonds is 5. The summed E-state index contributed by atoms with van der Waals surface area (Å²) in [7, 11) is 2.61. The number of halogens is 2. The topological polar surface area (TPSA) is 143 Å². The normalized spacial score (nSPS) is 26.5. The van der Waals surface area contributed by atoms with E-state index >= 15 is 4.79 Å². The van der Waals surface area contributed by atoms with Crippen LogP contribution >= 0.6 is 23.2 Å².